The van der Waals surface area contributed by atoms with Gasteiger partial charge < -0.3 is 28.4 Å². The zero-order valence-electron chi connectivity index (χ0n) is 27.1. The summed E-state index contributed by atoms with van der Waals surface area (Å²) in [5.74, 6) is 0.798. The number of thioether (sulfide) groups is 1. The minimum absolute atomic E-state index is 0.324. The molecule has 1 fully saturated rings. The normalized spacial score (nSPS) is 20.7. The third kappa shape index (κ3) is 9.80. The van der Waals surface area contributed by atoms with Crippen LogP contribution in [0.5, 0.6) is 5.75 Å². The van der Waals surface area contributed by atoms with Gasteiger partial charge >= 0.3 is 0 Å². The molecule has 48 heavy (non-hydrogen) atoms. The summed E-state index contributed by atoms with van der Waals surface area (Å²) in [6.45, 7) is 1.99. The number of methoxy groups -OCH3 is 1. The van der Waals surface area contributed by atoms with Crippen molar-refractivity contribution in [3.05, 3.63) is 168 Å². The molecule has 1 aliphatic rings. The Morgan fingerprint density at radius 3 is 1.42 bits per heavy atom. The summed E-state index contributed by atoms with van der Waals surface area (Å²) >= 11 is 1.61. The van der Waals surface area contributed by atoms with Crippen LogP contribution < -0.4 is 4.74 Å². The lowest BCUT2D eigenvalue weighted by molar-refractivity contribution is -0.254. The van der Waals surface area contributed by atoms with E-state index in [9.17, 15) is 0 Å². The minimum Gasteiger partial charge on any atom is -0.497 e. The zero-order valence-corrected chi connectivity index (χ0v) is 28.0. The van der Waals surface area contributed by atoms with Crippen LogP contribution in [0.1, 0.15) is 22.3 Å². The standard InChI is InChI=1S/C41H42O6S/c1-42-35-22-24-36(25-23-35)48-41-40(46-29-34-20-12-5-13-21-34)39(45-28-33-18-10-4-11-19-33)38(44-27-32-16-8-3-9-17-32)37(47-41)30-43-26-31-14-6-2-7-15-31/h2-25,37-41H,26-30H2,1H3/t37?,38-,39?,40?,41-/m1/s1. The van der Waals surface area contributed by atoms with Gasteiger partial charge in [0.2, 0.25) is 0 Å². The van der Waals surface area contributed by atoms with Gasteiger partial charge in [-0.25, -0.2) is 0 Å². The first-order valence-electron chi connectivity index (χ1n) is 16.3. The van der Waals surface area contributed by atoms with E-state index in [1.165, 1.54) is 0 Å². The lowest BCUT2D eigenvalue weighted by atomic mass is 9.98. The molecule has 5 aromatic carbocycles. The van der Waals surface area contributed by atoms with Crippen LogP contribution in [0.3, 0.4) is 0 Å². The summed E-state index contributed by atoms with van der Waals surface area (Å²) in [6, 6.07) is 48.7. The van der Waals surface area contributed by atoms with Crippen molar-refractivity contribution in [3.63, 3.8) is 0 Å². The number of benzene rings is 5. The molecule has 7 heteroatoms. The first-order valence-corrected chi connectivity index (χ1v) is 17.2. The van der Waals surface area contributed by atoms with Gasteiger partial charge in [0, 0.05) is 4.90 Å². The van der Waals surface area contributed by atoms with Gasteiger partial charge in [-0.15, -0.1) is 0 Å². The monoisotopic (exact) mass is 662 g/mol. The van der Waals surface area contributed by atoms with Crippen molar-refractivity contribution in [2.75, 3.05) is 13.7 Å². The predicted octanol–water partition coefficient (Wildman–Crippen LogP) is 8.49. The first-order chi connectivity index (χ1) is 23.7. The molecule has 0 amide bonds. The number of rotatable bonds is 16. The molecule has 5 atom stereocenters. The van der Waals surface area contributed by atoms with Gasteiger partial charge in [-0.3, -0.25) is 0 Å². The van der Waals surface area contributed by atoms with Crippen molar-refractivity contribution in [3.8, 4) is 5.75 Å². The predicted molar refractivity (Wildman–Crippen MR) is 189 cm³/mol. The van der Waals surface area contributed by atoms with E-state index in [1.807, 2.05) is 97.1 Å². The quantitative estimate of drug-likeness (QED) is 0.105. The molecule has 1 saturated heterocycles. The Bertz CT molecular complexity index is 1610. The zero-order chi connectivity index (χ0) is 32.8. The molecule has 6 nitrogen and oxygen atoms in total. The van der Waals surface area contributed by atoms with Crippen LogP contribution in [0.15, 0.2) is 150 Å². The fourth-order valence-electron chi connectivity index (χ4n) is 5.63. The van der Waals surface area contributed by atoms with Gasteiger partial charge in [0.05, 0.1) is 40.1 Å². The van der Waals surface area contributed by atoms with Gasteiger partial charge in [0.15, 0.2) is 0 Å². The summed E-state index contributed by atoms with van der Waals surface area (Å²) in [7, 11) is 1.67. The molecule has 0 radical (unpaired) electrons. The second-order valence-corrected chi connectivity index (χ2v) is 12.8. The summed E-state index contributed by atoms with van der Waals surface area (Å²) in [5.41, 5.74) is 3.90. The van der Waals surface area contributed by atoms with Crippen LogP contribution >= 0.6 is 11.8 Å². The van der Waals surface area contributed by atoms with Crippen LogP contribution in [0.2, 0.25) is 0 Å². The molecule has 0 aromatic heterocycles. The fourth-order valence-corrected chi connectivity index (χ4v) is 6.76. The first kappa shape index (κ1) is 33.9. The average molecular weight is 663 g/mol. The van der Waals surface area contributed by atoms with Crippen LogP contribution in [0.25, 0.3) is 0 Å². The second kappa shape index (κ2) is 18.0. The van der Waals surface area contributed by atoms with Crippen molar-refractivity contribution >= 4 is 11.8 Å². The fraction of sp³-hybridized carbons (Fsp3) is 0.268. The van der Waals surface area contributed by atoms with E-state index in [1.54, 1.807) is 18.9 Å². The summed E-state index contributed by atoms with van der Waals surface area (Å²) in [6.07, 6.45) is -1.83. The molecule has 248 valence electrons. The SMILES string of the molecule is COc1ccc(S[C@H]2OC(COCc3ccccc3)[C@@H](OCc3ccccc3)C(OCc3ccccc3)C2OCc2ccccc2)cc1. The van der Waals surface area contributed by atoms with Crippen LogP contribution in [-0.4, -0.2) is 43.6 Å². The molecule has 6 rings (SSSR count). The summed E-state index contributed by atoms with van der Waals surface area (Å²) in [4.78, 5) is 1.03. The van der Waals surface area contributed by atoms with Crippen molar-refractivity contribution in [2.24, 2.45) is 0 Å². The molecule has 1 aliphatic heterocycles. The van der Waals surface area contributed by atoms with Crippen LogP contribution in [-0.2, 0) is 50.1 Å². The minimum atomic E-state index is -0.474. The van der Waals surface area contributed by atoms with Gasteiger partial charge in [-0.05, 0) is 46.5 Å². The maximum absolute atomic E-state index is 6.95. The number of ether oxygens (including phenoxy) is 6. The van der Waals surface area contributed by atoms with E-state index in [0.717, 1.165) is 32.9 Å². The van der Waals surface area contributed by atoms with E-state index in [-0.39, 0.29) is 0 Å². The molecule has 0 aliphatic carbocycles. The Morgan fingerprint density at radius 2 is 0.938 bits per heavy atom. The Labute approximate surface area is 287 Å². The maximum atomic E-state index is 6.95. The van der Waals surface area contributed by atoms with Crippen LogP contribution in [0.4, 0.5) is 0 Å². The Morgan fingerprint density at radius 1 is 0.500 bits per heavy atom. The second-order valence-electron chi connectivity index (χ2n) is 11.6. The molecular weight excluding hydrogens is 621 g/mol. The average Bonchev–Trinajstić information content (AvgIpc) is 3.15. The number of hydrogen-bond donors (Lipinski definition) is 0. The lowest BCUT2D eigenvalue weighted by Gasteiger charge is -2.46. The third-order valence-electron chi connectivity index (χ3n) is 8.15. The van der Waals surface area contributed by atoms with Crippen molar-refractivity contribution in [2.45, 2.75) is 61.2 Å². The van der Waals surface area contributed by atoms with Crippen LogP contribution in [0, 0.1) is 0 Å². The molecule has 1 heterocycles. The van der Waals surface area contributed by atoms with Crippen molar-refractivity contribution < 1.29 is 28.4 Å². The number of hydrogen-bond acceptors (Lipinski definition) is 7. The van der Waals surface area contributed by atoms with E-state index >= 15 is 0 Å². The smallest absolute Gasteiger partial charge is 0.137 e. The largest absolute Gasteiger partial charge is 0.497 e. The highest BCUT2D eigenvalue weighted by Gasteiger charge is 2.49. The Hall–Kier alpha value is -3.95. The third-order valence-corrected chi connectivity index (χ3v) is 9.31. The molecule has 0 saturated carbocycles. The highest BCUT2D eigenvalue weighted by atomic mass is 32.2. The Balaban J connectivity index is 1.32. The van der Waals surface area contributed by atoms with Gasteiger partial charge in [-0.2, -0.15) is 0 Å². The topological polar surface area (TPSA) is 55.4 Å². The lowest BCUT2D eigenvalue weighted by Crippen LogP contribution is -2.60. The highest BCUT2D eigenvalue weighted by Crippen LogP contribution is 2.39. The van der Waals surface area contributed by atoms with Gasteiger partial charge in [0.25, 0.3) is 0 Å². The maximum Gasteiger partial charge on any atom is 0.137 e. The summed E-state index contributed by atoms with van der Waals surface area (Å²) < 4.78 is 39.1. The highest BCUT2D eigenvalue weighted by molar-refractivity contribution is 7.99. The molecule has 3 unspecified atom stereocenters. The Kier molecular flexibility index (Phi) is 12.7. The molecular formula is C41H42O6S. The van der Waals surface area contributed by atoms with Gasteiger partial charge in [-0.1, -0.05) is 133 Å². The molecule has 0 bridgehead atoms. The molecule has 0 spiro atoms. The van der Waals surface area contributed by atoms with Crippen molar-refractivity contribution in [1.82, 2.24) is 0 Å². The van der Waals surface area contributed by atoms with E-state index in [0.29, 0.717) is 33.0 Å². The van der Waals surface area contributed by atoms with Gasteiger partial charge in [0.1, 0.15) is 35.6 Å². The van der Waals surface area contributed by atoms with Crippen molar-refractivity contribution in [1.29, 1.82) is 0 Å². The van der Waals surface area contributed by atoms with E-state index in [4.69, 9.17) is 28.4 Å². The molecule has 0 N–H and O–H groups in total. The summed E-state index contributed by atoms with van der Waals surface area (Å²) in [5, 5.41) is 0. The van der Waals surface area contributed by atoms with E-state index in [2.05, 4.69) is 48.5 Å². The molecule has 5 aromatic rings. The van der Waals surface area contributed by atoms with E-state index < -0.39 is 29.9 Å².